The highest BCUT2D eigenvalue weighted by atomic mass is 35.5. The molecular weight excluding hydrogens is 264 g/mol. The molecule has 1 N–H and O–H groups in total. The van der Waals surface area contributed by atoms with E-state index in [4.69, 9.17) is 16.3 Å². The van der Waals surface area contributed by atoms with Crippen LogP contribution in [0.3, 0.4) is 0 Å². The number of carbonyl (C=O) groups is 1. The van der Waals surface area contributed by atoms with E-state index in [-0.39, 0.29) is 6.10 Å². The van der Waals surface area contributed by atoms with Crippen LogP contribution in [0.5, 0.6) is 0 Å². The van der Waals surface area contributed by atoms with Crippen LogP contribution in [0.25, 0.3) is 0 Å². The number of nitrogens with one attached hydrogen (secondary N) is 1. The third-order valence-electron chi connectivity index (χ3n) is 3.11. The second-order valence-electron chi connectivity index (χ2n) is 4.39. The predicted octanol–water partition coefficient (Wildman–Crippen LogP) is 3.14. The normalized spacial score (nSPS) is 12.2. The topological polar surface area (TPSA) is 55.0 Å². The first-order valence-electron chi connectivity index (χ1n) is 5.97. The highest BCUT2D eigenvalue weighted by Gasteiger charge is 2.17. The highest BCUT2D eigenvalue weighted by Crippen LogP contribution is 2.26. The van der Waals surface area contributed by atoms with Crippen molar-refractivity contribution >= 4 is 18.1 Å². The van der Waals surface area contributed by atoms with Gasteiger partial charge in [0.25, 0.3) is 6.47 Å². The lowest BCUT2D eigenvalue weighted by molar-refractivity contribution is -0.133. The van der Waals surface area contributed by atoms with E-state index < -0.39 is 0 Å². The van der Waals surface area contributed by atoms with E-state index in [1.165, 1.54) is 0 Å². The maximum Gasteiger partial charge on any atom is 0.293 e. The van der Waals surface area contributed by atoms with Crippen LogP contribution >= 0.6 is 11.6 Å². The van der Waals surface area contributed by atoms with Gasteiger partial charge in [-0.15, -0.1) is 0 Å². The van der Waals surface area contributed by atoms with Crippen LogP contribution in [-0.4, -0.2) is 16.7 Å². The van der Waals surface area contributed by atoms with Crippen LogP contribution < -0.4 is 0 Å². The van der Waals surface area contributed by atoms with Crippen molar-refractivity contribution in [2.24, 2.45) is 0 Å². The molecule has 1 aromatic carbocycles. The highest BCUT2D eigenvalue weighted by molar-refractivity contribution is 6.30. The summed E-state index contributed by atoms with van der Waals surface area (Å²) in [5.74, 6) is 0. The minimum atomic E-state index is -0.355. The first kappa shape index (κ1) is 13.6. The number of nitrogens with zero attached hydrogens (tertiary/aromatic N) is 1. The average molecular weight is 279 g/mol. The first-order valence-corrected chi connectivity index (χ1v) is 6.34. The lowest BCUT2D eigenvalue weighted by Gasteiger charge is -2.16. The minimum absolute atomic E-state index is 0.355. The molecule has 0 amide bonds. The lowest BCUT2D eigenvalue weighted by Crippen LogP contribution is -2.08. The number of halogens is 1. The Labute approximate surface area is 116 Å². The van der Waals surface area contributed by atoms with E-state index in [2.05, 4.69) is 10.2 Å². The number of aromatic nitrogens is 2. The monoisotopic (exact) mass is 278 g/mol. The van der Waals surface area contributed by atoms with Crippen LogP contribution in [0.4, 0.5) is 0 Å². The Morgan fingerprint density at radius 1 is 1.47 bits per heavy atom. The molecule has 1 heterocycles. The van der Waals surface area contributed by atoms with Crippen LogP contribution in [0.1, 0.15) is 28.6 Å². The SMILES string of the molecule is Cc1n[nH]c(C)c1CC(OC=O)c1cccc(Cl)c1. The molecule has 0 aliphatic rings. The molecule has 0 radical (unpaired) electrons. The molecule has 0 aliphatic carbocycles. The van der Waals surface area contributed by atoms with Crippen molar-refractivity contribution in [1.29, 1.82) is 0 Å². The van der Waals surface area contributed by atoms with Gasteiger partial charge in [0.05, 0.1) is 5.69 Å². The zero-order valence-corrected chi connectivity index (χ0v) is 11.6. The van der Waals surface area contributed by atoms with Gasteiger partial charge in [-0.05, 0) is 37.1 Å². The van der Waals surface area contributed by atoms with Gasteiger partial charge in [-0.1, -0.05) is 23.7 Å². The summed E-state index contributed by atoms with van der Waals surface area (Å²) in [5.41, 5.74) is 3.84. The summed E-state index contributed by atoms with van der Waals surface area (Å²) in [4.78, 5) is 10.7. The number of ether oxygens (including phenoxy) is 1. The number of rotatable bonds is 5. The third kappa shape index (κ3) is 3.15. The molecule has 2 aromatic rings. The van der Waals surface area contributed by atoms with Crippen molar-refractivity contribution < 1.29 is 9.53 Å². The summed E-state index contributed by atoms with van der Waals surface area (Å²) in [6, 6.07) is 7.33. The number of hydrogen-bond donors (Lipinski definition) is 1. The molecule has 1 atom stereocenters. The van der Waals surface area contributed by atoms with Crippen molar-refractivity contribution in [1.82, 2.24) is 10.2 Å². The molecule has 0 fully saturated rings. The molecule has 0 spiro atoms. The Morgan fingerprint density at radius 3 is 2.84 bits per heavy atom. The van der Waals surface area contributed by atoms with Crippen molar-refractivity contribution in [2.45, 2.75) is 26.4 Å². The molecule has 4 nitrogen and oxygen atoms in total. The van der Waals surface area contributed by atoms with Crippen LogP contribution in [0, 0.1) is 13.8 Å². The van der Waals surface area contributed by atoms with Gasteiger partial charge in [-0.2, -0.15) is 5.10 Å². The number of H-pyrrole nitrogens is 1. The molecule has 100 valence electrons. The van der Waals surface area contributed by atoms with Crippen molar-refractivity contribution in [3.8, 4) is 0 Å². The van der Waals surface area contributed by atoms with E-state index in [0.29, 0.717) is 17.9 Å². The van der Waals surface area contributed by atoms with E-state index in [9.17, 15) is 4.79 Å². The summed E-state index contributed by atoms with van der Waals surface area (Å²) < 4.78 is 5.19. The first-order chi connectivity index (χ1) is 9.11. The van der Waals surface area contributed by atoms with Crippen molar-refractivity contribution in [3.63, 3.8) is 0 Å². The van der Waals surface area contributed by atoms with E-state index >= 15 is 0 Å². The fraction of sp³-hybridized carbons (Fsp3) is 0.286. The molecule has 1 aromatic heterocycles. The Bertz CT molecular complexity index is 561. The van der Waals surface area contributed by atoms with Gasteiger partial charge in [0, 0.05) is 17.1 Å². The molecule has 0 saturated heterocycles. The van der Waals surface area contributed by atoms with Crippen LogP contribution in [0.15, 0.2) is 24.3 Å². The maximum atomic E-state index is 10.7. The Morgan fingerprint density at radius 2 is 2.26 bits per heavy atom. The minimum Gasteiger partial charge on any atom is -0.459 e. The fourth-order valence-electron chi connectivity index (χ4n) is 2.08. The third-order valence-corrected chi connectivity index (χ3v) is 3.35. The second kappa shape index (κ2) is 5.89. The zero-order chi connectivity index (χ0) is 13.8. The van der Waals surface area contributed by atoms with Crippen molar-refractivity contribution in [2.75, 3.05) is 0 Å². The lowest BCUT2D eigenvalue weighted by atomic mass is 10.00. The van der Waals surface area contributed by atoms with Crippen LogP contribution in [0.2, 0.25) is 5.02 Å². The van der Waals surface area contributed by atoms with Gasteiger partial charge < -0.3 is 4.74 Å². The molecule has 2 rings (SSSR count). The van der Waals surface area contributed by atoms with Gasteiger partial charge in [-0.25, -0.2) is 0 Å². The number of aryl methyl sites for hydroxylation is 2. The standard InChI is InChI=1S/C14H15ClN2O2/c1-9-13(10(2)17-16-9)7-14(19-8-18)11-4-3-5-12(15)6-11/h3-6,8,14H,7H2,1-2H3,(H,16,17). The zero-order valence-electron chi connectivity index (χ0n) is 10.8. The summed E-state index contributed by atoms with van der Waals surface area (Å²) in [7, 11) is 0. The predicted molar refractivity (Wildman–Crippen MR) is 73.1 cm³/mol. The maximum absolute atomic E-state index is 10.7. The molecule has 0 bridgehead atoms. The Balaban J connectivity index is 2.28. The van der Waals surface area contributed by atoms with E-state index in [1.54, 1.807) is 12.1 Å². The number of hydrogen-bond acceptors (Lipinski definition) is 3. The molecule has 0 saturated carbocycles. The molecule has 5 heteroatoms. The van der Waals surface area contributed by atoms with Gasteiger partial charge in [0.1, 0.15) is 6.10 Å². The number of carbonyl (C=O) groups excluding carboxylic acids is 1. The molecular formula is C14H15ClN2O2. The largest absolute Gasteiger partial charge is 0.459 e. The van der Waals surface area contributed by atoms with Gasteiger partial charge >= 0.3 is 0 Å². The molecule has 19 heavy (non-hydrogen) atoms. The van der Waals surface area contributed by atoms with Crippen LogP contribution in [-0.2, 0) is 16.0 Å². The Kier molecular flexibility index (Phi) is 4.22. The van der Waals surface area contributed by atoms with E-state index in [0.717, 1.165) is 22.5 Å². The quantitative estimate of drug-likeness (QED) is 0.855. The summed E-state index contributed by atoms with van der Waals surface area (Å²) >= 11 is 5.97. The summed E-state index contributed by atoms with van der Waals surface area (Å²) in [5, 5.41) is 7.70. The van der Waals surface area contributed by atoms with Gasteiger partial charge in [0.2, 0.25) is 0 Å². The second-order valence-corrected chi connectivity index (χ2v) is 4.83. The average Bonchev–Trinajstić information content (AvgIpc) is 2.70. The van der Waals surface area contributed by atoms with Gasteiger partial charge in [-0.3, -0.25) is 9.89 Å². The molecule has 1 unspecified atom stereocenters. The summed E-state index contributed by atoms with van der Waals surface area (Å²) in [6.07, 6.45) is 0.221. The molecule has 0 aliphatic heterocycles. The number of benzene rings is 1. The smallest absolute Gasteiger partial charge is 0.293 e. The number of aromatic amines is 1. The van der Waals surface area contributed by atoms with E-state index in [1.807, 2.05) is 26.0 Å². The fourth-order valence-corrected chi connectivity index (χ4v) is 2.28. The Hall–Kier alpha value is -1.81. The summed E-state index contributed by atoms with van der Waals surface area (Å²) in [6.45, 7) is 4.34. The van der Waals surface area contributed by atoms with Gasteiger partial charge in [0.15, 0.2) is 0 Å². The van der Waals surface area contributed by atoms with Crippen molar-refractivity contribution in [3.05, 3.63) is 51.8 Å².